The molecule has 1 unspecified atom stereocenters. The Morgan fingerprint density at radius 3 is 2.57 bits per heavy atom. The molecule has 0 radical (unpaired) electrons. The van der Waals surface area contributed by atoms with Crippen LogP contribution in [-0.2, 0) is 4.79 Å². The molecule has 0 bridgehead atoms. The number of nitrogens with one attached hydrogen (secondary N) is 1. The second-order valence-electron chi connectivity index (χ2n) is 6.73. The fourth-order valence-corrected chi connectivity index (χ4v) is 4.24. The summed E-state index contributed by atoms with van der Waals surface area (Å²) >= 11 is 1.49. The van der Waals surface area contributed by atoms with Crippen molar-refractivity contribution in [3.63, 3.8) is 0 Å². The van der Waals surface area contributed by atoms with Crippen LogP contribution in [0, 0.1) is 20.8 Å². The topological polar surface area (TPSA) is 99.6 Å². The summed E-state index contributed by atoms with van der Waals surface area (Å²) in [5.41, 5.74) is 3.24. The van der Waals surface area contributed by atoms with Gasteiger partial charge in [-0.15, -0.1) is 11.8 Å². The number of nitrogens with zero attached hydrogens (tertiary/aromatic N) is 2. The van der Waals surface area contributed by atoms with Crippen LogP contribution in [-0.4, -0.2) is 50.4 Å². The molecule has 0 saturated carbocycles. The molecule has 28 heavy (non-hydrogen) atoms. The quantitative estimate of drug-likeness (QED) is 0.820. The number of hydrogen-bond acceptors (Lipinski definition) is 5. The summed E-state index contributed by atoms with van der Waals surface area (Å²) in [4.78, 5) is 42.4. The number of pyridine rings is 1. The molecule has 0 aliphatic carbocycles. The van der Waals surface area contributed by atoms with Crippen LogP contribution < -0.4 is 5.32 Å². The van der Waals surface area contributed by atoms with E-state index >= 15 is 0 Å². The van der Waals surface area contributed by atoms with Gasteiger partial charge in [0.15, 0.2) is 0 Å². The molecule has 8 heteroatoms. The molecule has 1 aromatic heterocycles. The highest BCUT2D eigenvalue weighted by Crippen LogP contribution is 2.25. The van der Waals surface area contributed by atoms with E-state index < -0.39 is 12.0 Å². The van der Waals surface area contributed by atoms with E-state index in [-0.39, 0.29) is 28.8 Å². The highest BCUT2D eigenvalue weighted by molar-refractivity contribution is 7.99. The third-order valence-electron chi connectivity index (χ3n) is 4.62. The molecule has 7 nitrogen and oxygen atoms in total. The molecule has 146 valence electrons. The summed E-state index contributed by atoms with van der Waals surface area (Å²) in [7, 11) is 0. The summed E-state index contributed by atoms with van der Waals surface area (Å²) in [5.74, 6) is -0.846. The minimum absolute atomic E-state index is 0.0523. The van der Waals surface area contributed by atoms with Crippen LogP contribution in [0.25, 0.3) is 0 Å². The van der Waals surface area contributed by atoms with E-state index in [4.69, 9.17) is 5.11 Å². The van der Waals surface area contributed by atoms with Crippen LogP contribution in [0.1, 0.15) is 37.7 Å². The number of benzene rings is 1. The standard InChI is InChI=1S/C20H21N3O4S/c1-11-4-6-15(12(2)8-11)22-18(24)17-9-28-10-23(17)19(25)16-7-5-14(20(26)27)13(3)21-16/h4-8,17H,9-10H2,1-3H3,(H,22,24)(H,26,27). The molecule has 1 aliphatic heterocycles. The zero-order valence-corrected chi connectivity index (χ0v) is 16.7. The van der Waals surface area contributed by atoms with Crippen molar-refractivity contribution in [2.75, 3.05) is 16.9 Å². The number of aryl methyl sites for hydroxylation is 3. The maximum absolute atomic E-state index is 12.9. The number of thioether (sulfide) groups is 1. The first-order chi connectivity index (χ1) is 13.3. The normalized spacial score (nSPS) is 16.1. The Bertz CT molecular complexity index is 960. The van der Waals surface area contributed by atoms with Crippen LogP contribution in [0.2, 0.25) is 0 Å². The van der Waals surface area contributed by atoms with Gasteiger partial charge in [0, 0.05) is 11.4 Å². The number of aromatic nitrogens is 1. The van der Waals surface area contributed by atoms with Gasteiger partial charge < -0.3 is 15.3 Å². The molecule has 2 aromatic rings. The van der Waals surface area contributed by atoms with Crippen molar-refractivity contribution in [3.05, 3.63) is 58.4 Å². The summed E-state index contributed by atoms with van der Waals surface area (Å²) in [6, 6.07) is 7.91. The lowest BCUT2D eigenvalue weighted by atomic mass is 10.1. The highest BCUT2D eigenvalue weighted by Gasteiger charge is 2.36. The molecular formula is C20H21N3O4S. The van der Waals surface area contributed by atoms with Gasteiger partial charge in [-0.1, -0.05) is 17.7 Å². The van der Waals surface area contributed by atoms with Crippen molar-refractivity contribution >= 4 is 35.2 Å². The Morgan fingerprint density at radius 1 is 1.18 bits per heavy atom. The van der Waals surface area contributed by atoms with Crippen LogP contribution >= 0.6 is 11.8 Å². The minimum Gasteiger partial charge on any atom is -0.478 e. The van der Waals surface area contributed by atoms with E-state index in [0.29, 0.717) is 11.6 Å². The number of amides is 2. The first kappa shape index (κ1) is 19.9. The molecule has 2 heterocycles. The van der Waals surface area contributed by atoms with Gasteiger partial charge in [-0.25, -0.2) is 9.78 Å². The van der Waals surface area contributed by atoms with E-state index in [1.807, 2.05) is 32.0 Å². The van der Waals surface area contributed by atoms with Gasteiger partial charge in [-0.2, -0.15) is 0 Å². The number of carboxylic acid groups (broad SMARTS) is 1. The first-order valence-electron chi connectivity index (χ1n) is 8.75. The van der Waals surface area contributed by atoms with Gasteiger partial charge in [0.25, 0.3) is 5.91 Å². The third kappa shape index (κ3) is 4.01. The number of carbonyl (C=O) groups excluding carboxylic acids is 2. The molecule has 1 aliphatic rings. The summed E-state index contributed by atoms with van der Waals surface area (Å²) < 4.78 is 0. The van der Waals surface area contributed by atoms with Gasteiger partial charge in [0.2, 0.25) is 5.91 Å². The smallest absolute Gasteiger partial charge is 0.337 e. The number of carbonyl (C=O) groups is 3. The second kappa shape index (κ2) is 8.02. The van der Waals surface area contributed by atoms with Crippen LogP contribution in [0.3, 0.4) is 0 Å². The highest BCUT2D eigenvalue weighted by atomic mass is 32.2. The van der Waals surface area contributed by atoms with Crippen molar-refractivity contribution in [1.82, 2.24) is 9.88 Å². The predicted octanol–water partition coefficient (Wildman–Crippen LogP) is 2.86. The molecule has 1 saturated heterocycles. The monoisotopic (exact) mass is 399 g/mol. The molecule has 3 rings (SSSR count). The zero-order chi connectivity index (χ0) is 20.4. The third-order valence-corrected chi connectivity index (χ3v) is 5.63. The van der Waals surface area contributed by atoms with Crippen LogP contribution in [0.4, 0.5) is 5.69 Å². The lowest BCUT2D eigenvalue weighted by Crippen LogP contribution is -2.44. The van der Waals surface area contributed by atoms with E-state index in [1.54, 1.807) is 6.92 Å². The van der Waals surface area contributed by atoms with Crippen molar-refractivity contribution in [2.45, 2.75) is 26.8 Å². The Morgan fingerprint density at radius 2 is 1.93 bits per heavy atom. The lowest BCUT2D eigenvalue weighted by molar-refractivity contribution is -0.119. The second-order valence-corrected chi connectivity index (χ2v) is 7.73. The Balaban J connectivity index is 1.78. The van der Waals surface area contributed by atoms with Gasteiger partial charge >= 0.3 is 5.97 Å². The zero-order valence-electron chi connectivity index (χ0n) is 15.9. The molecule has 2 amide bonds. The van der Waals surface area contributed by atoms with Gasteiger partial charge in [-0.3, -0.25) is 9.59 Å². The first-order valence-corrected chi connectivity index (χ1v) is 9.91. The van der Waals surface area contributed by atoms with E-state index in [1.165, 1.54) is 28.8 Å². The number of aromatic carboxylic acids is 1. The molecule has 1 atom stereocenters. The Hall–Kier alpha value is -2.87. The average Bonchev–Trinajstić information content (AvgIpc) is 3.12. The largest absolute Gasteiger partial charge is 0.478 e. The van der Waals surface area contributed by atoms with E-state index in [0.717, 1.165) is 16.8 Å². The van der Waals surface area contributed by atoms with Crippen molar-refractivity contribution in [2.24, 2.45) is 0 Å². The van der Waals surface area contributed by atoms with Crippen molar-refractivity contribution in [3.8, 4) is 0 Å². The van der Waals surface area contributed by atoms with E-state index in [2.05, 4.69) is 10.3 Å². The van der Waals surface area contributed by atoms with Crippen LogP contribution in [0.5, 0.6) is 0 Å². The molecule has 2 N–H and O–H groups in total. The van der Waals surface area contributed by atoms with Crippen LogP contribution in [0.15, 0.2) is 30.3 Å². The van der Waals surface area contributed by atoms with E-state index in [9.17, 15) is 14.4 Å². The van der Waals surface area contributed by atoms with Crippen molar-refractivity contribution < 1.29 is 19.5 Å². The summed E-state index contributed by atoms with van der Waals surface area (Å²) in [6.07, 6.45) is 0. The lowest BCUT2D eigenvalue weighted by Gasteiger charge is -2.23. The molecule has 1 aromatic carbocycles. The van der Waals surface area contributed by atoms with Gasteiger partial charge in [0.1, 0.15) is 11.7 Å². The molecule has 1 fully saturated rings. The average molecular weight is 399 g/mol. The maximum atomic E-state index is 12.9. The number of carboxylic acids is 1. The SMILES string of the molecule is Cc1ccc(NC(=O)C2CSCN2C(=O)c2ccc(C(=O)O)c(C)n2)c(C)c1. The summed E-state index contributed by atoms with van der Waals surface area (Å²) in [6.45, 7) is 5.45. The number of rotatable bonds is 4. The van der Waals surface area contributed by atoms with Crippen molar-refractivity contribution in [1.29, 1.82) is 0 Å². The minimum atomic E-state index is -1.09. The number of anilines is 1. The Labute approximate surface area is 167 Å². The fraction of sp³-hybridized carbons (Fsp3) is 0.300. The fourth-order valence-electron chi connectivity index (χ4n) is 3.08. The van der Waals surface area contributed by atoms with Gasteiger partial charge in [0.05, 0.1) is 17.1 Å². The maximum Gasteiger partial charge on any atom is 0.337 e. The molecule has 0 spiro atoms. The predicted molar refractivity (Wildman–Crippen MR) is 108 cm³/mol. The molecular weight excluding hydrogens is 378 g/mol. The summed E-state index contributed by atoms with van der Waals surface area (Å²) in [5, 5.41) is 12.0. The van der Waals surface area contributed by atoms with Gasteiger partial charge in [-0.05, 0) is 44.5 Å². The number of hydrogen-bond donors (Lipinski definition) is 2. The Kier molecular flexibility index (Phi) is 5.69.